The third kappa shape index (κ3) is 20.4. The second-order valence-electron chi connectivity index (χ2n) is 30.9. The molecular weight excluding hydrogens is 1640 g/mol. The summed E-state index contributed by atoms with van der Waals surface area (Å²) in [5.74, 6) is 2.88. The lowest BCUT2D eigenvalue weighted by molar-refractivity contribution is 0.0762. The molecule has 0 aliphatic carbocycles. The van der Waals surface area contributed by atoms with E-state index in [9.17, 15) is 39.6 Å². The fraction of sp³-hybridized carbons (Fsp3) is 0.369. The van der Waals surface area contributed by atoms with Crippen LogP contribution in [-0.4, -0.2) is 172 Å². The largest absolute Gasteiger partial charge is 0.489 e. The summed E-state index contributed by atoms with van der Waals surface area (Å²) < 4.78 is 95.7. The number of likely N-dealkylation sites (N-methyl/N-ethyl adjacent to an activating group) is 1. The Balaban J connectivity index is 0.000000164. The number of hydrogen-bond acceptors (Lipinski definition) is 26. The molecular formula is C84H98Cl3N17O12S3. The van der Waals surface area contributed by atoms with Crippen molar-refractivity contribution >= 4 is 156 Å². The van der Waals surface area contributed by atoms with Crippen LogP contribution in [0.3, 0.4) is 0 Å². The number of H-pyrrole nitrogens is 1. The van der Waals surface area contributed by atoms with Crippen LogP contribution < -0.4 is 51.7 Å². The Bertz CT molecular complexity index is 5920. The molecule has 14 rings (SSSR count). The van der Waals surface area contributed by atoms with Gasteiger partial charge in [0.15, 0.2) is 47.0 Å². The van der Waals surface area contributed by atoms with Crippen molar-refractivity contribution in [3.63, 3.8) is 0 Å². The van der Waals surface area contributed by atoms with Crippen LogP contribution in [0.25, 0.3) is 10.8 Å². The molecule has 0 spiro atoms. The number of para-hydroxylation sites is 3. The smallest absolute Gasteiger partial charge is 0.256 e. The Morgan fingerprint density at radius 2 is 0.832 bits per heavy atom. The third-order valence-corrected chi connectivity index (χ3v) is 27.4. The zero-order valence-corrected chi connectivity index (χ0v) is 73.3. The first kappa shape index (κ1) is 87.9. The summed E-state index contributed by atoms with van der Waals surface area (Å²) in [4.78, 5) is 77.0. The van der Waals surface area contributed by atoms with Gasteiger partial charge in [-0.3, -0.25) is 14.4 Å². The van der Waals surface area contributed by atoms with E-state index >= 15 is 0 Å². The first-order valence-electron chi connectivity index (χ1n) is 39.1. The van der Waals surface area contributed by atoms with Gasteiger partial charge in [-0.2, -0.15) is 15.0 Å². The van der Waals surface area contributed by atoms with Gasteiger partial charge in [-0.05, 0) is 217 Å². The Labute approximate surface area is 708 Å². The number of carbonyl (C=O) groups excluding carboxylic acids is 2. The van der Waals surface area contributed by atoms with Gasteiger partial charge in [0.1, 0.15) is 32.3 Å². The van der Waals surface area contributed by atoms with Gasteiger partial charge in [0.2, 0.25) is 17.8 Å². The highest BCUT2D eigenvalue weighted by Crippen LogP contribution is 2.42. The highest BCUT2D eigenvalue weighted by molar-refractivity contribution is 7.92. The van der Waals surface area contributed by atoms with Gasteiger partial charge in [-0.1, -0.05) is 71.2 Å². The fourth-order valence-corrected chi connectivity index (χ4v) is 17.7. The number of fused-ring (bicyclic) bond motifs is 5. The van der Waals surface area contributed by atoms with Gasteiger partial charge < -0.3 is 70.7 Å². The molecule has 8 heterocycles. The second-order valence-corrected chi connectivity index (χ2v) is 39.6. The Hall–Kier alpha value is -10.5. The minimum absolute atomic E-state index is 0.00862. The Morgan fingerprint density at radius 3 is 1.24 bits per heavy atom. The van der Waals surface area contributed by atoms with E-state index < -0.39 is 45.3 Å². The predicted octanol–water partition coefficient (Wildman–Crippen LogP) is 16.2. The number of aromatic amines is 1. The van der Waals surface area contributed by atoms with Crippen molar-refractivity contribution in [2.45, 2.75) is 171 Å². The van der Waals surface area contributed by atoms with Crippen LogP contribution >= 0.6 is 34.8 Å². The normalized spacial score (nSPS) is 14.3. The molecule has 10 aromatic rings. The van der Waals surface area contributed by atoms with E-state index in [2.05, 4.69) is 76.6 Å². The number of amides is 2. The zero-order chi connectivity index (χ0) is 85.7. The van der Waals surface area contributed by atoms with Crippen molar-refractivity contribution < 1.29 is 49.1 Å². The lowest BCUT2D eigenvalue weighted by atomic mass is 9.97. The summed E-state index contributed by atoms with van der Waals surface area (Å²) >= 11 is 19.2. The van der Waals surface area contributed by atoms with Crippen LogP contribution in [0.1, 0.15) is 139 Å². The van der Waals surface area contributed by atoms with Crippen molar-refractivity contribution in [3.8, 4) is 17.2 Å². The summed E-state index contributed by atoms with van der Waals surface area (Å²) in [5, 5.41) is 18.9. The van der Waals surface area contributed by atoms with Crippen LogP contribution in [0.5, 0.6) is 17.2 Å². The van der Waals surface area contributed by atoms with Crippen LogP contribution in [0.15, 0.2) is 147 Å². The van der Waals surface area contributed by atoms with Crippen molar-refractivity contribution in [2.24, 2.45) is 0 Å². The summed E-state index contributed by atoms with van der Waals surface area (Å²) in [5.41, 5.74) is 7.51. The van der Waals surface area contributed by atoms with E-state index in [1.54, 1.807) is 144 Å². The van der Waals surface area contributed by atoms with E-state index in [0.717, 1.165) is 60.4 Å². The molecule has 1 fully saturated rings. The van der Waals surface area contributed by atoms with Gasteiger partial charge in [0.25, 0.3) is 17.4 Å². The van der Waals surface area contributed by atoms with Crippen LogP contribution in [0.4, 0.5) is 69.4 Å². The standard InChI is InChI=1S/C30H37ClN6O4S.C29H33ClN6O4S.C25H28ClN5O4S/c1-19(2)41-26-15-21-18-37(14-13-36-11-7-8-12-36)29(38)22(21)16-25(26)34-30-32-17-23(31)28(35-30)33-24-9-5-6-10-27(24)42(39,40)20(3)4;1-16(2)40-25-13-19-18-10-11-36(5)15-24(18)33-28(37)20(19)12-23(25)34-29-31-14-21(30)27(35-29)32-22-8-6-7-9-26(22)41(38,39)17(3)4;1-14(2)35-21-10-16-13-31(5)24(32)17(16)11-20(21)29-25-27-12-18(26)23(30-25)28-19-8-6-7-9-22(19)36(33,34)15(3)4/h5-6,9-10,15-17,19-20H,7-8,11-14,18H2,1-4H3,(H2,32,33,34,35);6-9,12-14,16-17H,10-11,15H2,1-5H3,(H,33,37)(H2,31,32,34,35);6-12,14-15H,13H2,1-5H3,(H2,27,28,29,30). The number of halogens is 3. The van der Waals surface area contributed by atoms with Gasteiger partial charge in [-0.15, -0.1) is 0 Å². The Kier molecular flexibility index (Phi) is 27.3. The van der Waals surface area contributed by atoms with Gasteiger partial charge in [0, 0.05) is 68.5 Å². The predicted molar refractivity (Wildman–Crippen MR) is 468 cm³/mol. The first-order valence-corrected chi connectivity index (χ1v) is 44.9. The fourth-order valence-electron chi connectivity index (χ4n) is 13.7. The highest BCUT2D eigenvalue weighted by atomic mass is 35.5. The molecule has 7 N–H and O–H groups in total. The van der Waals surface area contributed by atoms with E-state index in [1.807, 2.05) is 71.7 Å². The van der Waals surface area contributed by atoms with Crippen LogP contribution in [0.2, 0.25) is 15.1 Å². The molecule has 6 aromatic carbocycles. The van der Waals surface area contributed by atoms with E-state index in [1.165, 1.54) is 31.4 Å². The number of ether oxygens (including phenoxy) is 3. The molecule has 0 atom stereocenters. The summed E-state index contributed by atoms with van der Waals surface area (Å²) in [6, 6.07) is 30.7. The van der Waals surface area contributed by atoms with Gasteiger partial charge >= 0.3 is 0 Å². The van der Waals surface area contributed by atoms with Gasteiger partial charge in [0.05, 0.1) is 101 Å². The molecule has 0 radical (unpaired) electrons. The third-order valence-electron chi connectivity index (χ3n) is 19.9. The average Bonchev–Trinajstić information content (AvgIpc) is 1.69. The number of nitrogens with zero attached hydrogens (tertiary/aromatic N) is 10. The number of rotatable bonds is 27. The minimum atomic E-state index is -3.57. The monoisotopic (exact) mass is 1740 g/mol. The van der Waals surface area contributed by atoms with Gasteiger partial charge in [-0.25, -0.2) is 40.2 Å². The quantitative estimate of drug-likeness (QED) is 0.0251. The number of aromatic nitrogens is 7. The molecule has 4 aliphatic rings. The molecule has 630 valence electrons. The molecule has 4 aliphatic heterocycles. The summed E-state index contributed by atoms with van der Waals surface area (Å²) in [6.07, 6.45) is 7.18. The summed E-state index contributed by atoms with van der Waals surface area (Å²) in [6.45, 7) is 27.7. The number of likely N-dealkylation sites (tertiary alicyclic amines) is 1. The molecule has 1 saturated heterocycles. The topological polar surface area (TPSA) is 360 Å². The molecule has 0 unspecified atom stereocenters. The molecule has 119 heavy (non-hydrogen) atoms. The number of anilines is 12. The molecule has 29 nitrogen and oxygen atoms in total. The average molecular weight is 1740 g/mol. The Morgan fingerprint density at radius 1 is 0.445 bits per heavy atom. The maximum Gasteiger partial charge on any atom is 0.256 e. The van der Waals surface area contributed by atoms with Crippen molar-refractivity contribution in [3.05, 3.63) is 187 Å². The number of nitrogens with one attached hydrogen (secondary N) is 7. The zero-order valence-electron chi connectivity index (χ0n) is 68.6. The number of sulfone groups is 3. The van der Waals surface area contributed by atoms with E-state index in [4.69, 9.17) is 49.0 Å². The molecule has 0 saturated carbocycles. The van der Waals surface area contributed by atoms with E-state index in [-0.39, 0.29) is 101 Å². The maximum atomic E-state index is 13.3. The number of carbonyl (C=O) groups is 2. The second kappa shape index (κ2) is 37.0. The van der Waals surface area contributed by atoms with Crippen molar-refractivity contribution in [2.75, 3.05) is 78.7 Å². The number of hydrogen-bond donors (Lipinski definition) is 7. The molecule has 2 amide bonds. The lowest BCUT2D eigenvalue weighted by Gasteiger charge is -2.26. The maximum absolute atomic E-state index is 13.3. The van der Waals surface area contributed by atoms with Crippen molar-refractivity contribution in [1.29, 1.82) is 0 Å². The minimum Gasteiger partial charge on any atom is -0.489 e. The molecule has 0 bridgehead atoms. The molecule has 4 aromatic heterocycles. The lowest BCUT2D eigenvalue weighted by Crippen LogP contribution is -2.33. The first-order chi connectivity index (χ1) is 56.4. The van der Waals surface area contributed by atoms with E-state index in [0.29, 0.717) is 94.1 Å². The highest BCUT2D eigenvalue weighted by Gasteiger charge is 2.33. The van der Waals surface area contributed by atoms with Crippen LogP contribution in [0, 0.1) is 0 Å². The van der Waals surface area contributed by atoms with Crippen molar-refractivity contribution in [1.82, 2.24) is 54.5 Å². The number of pyridine rings is 1. The SMILES string of the molecule is CC(C)Oc1cc2c(cc1Nc1ncc(Cl)c(Nc3ccccc3S(=O)(=O)C(C)C)n1)C(=O)N(C)C2.CC(C)Oc1cc2c(cc1Nc1ncc(Cl)c(Nc3ccccc3S(=O)(=O)C(C)C)n1)C(=O)N(CCN1CCCC1)C2.CC(C)Oc1cc2c3c([nH]c(=O)c2cc1Nc1ncc(Cl)c(Nc2ccccc2S(=O)(=O)C(C)C)n1)CN(C)CC3. The van der Waals surface area contributed by atoms with Crippen LogP contribution in [-0.2, 0) is 55.6 Å². The number of benzene rings is 6. The summed E-state index contributed by atoms with van der Waals surface area (Å²) in [7, 11) is -6.90. The molecule has 35 heteroatoms.